The standard InChI is InChI=1S/C20H29N3O2/c1-20(2,3)25-19(24)23-11-8-15(14-23)6-9-21-13-16-4-5-17-7-10-22-18(17)12-16/h4-5,7,10,12,15,21-22H,6,8-9,11,13-14H2,1-3H3. The van der Waals surface area contributed by atoms with E-state index < -0.39 is 5.60 Å². The molecular weight excluding hydrogens is 314 g/mol. The number of fused-ring (bicyclic) bond motifs is 1. The SMILES string of the molecule is CC(C)(C)OC(=O)N1CCC(CCNCc2ccc3cc[nH]c3c2)C1. The Morgan fingerprint density at radius 2 is 2.20 bits per heavy atom. The van der Waals surface area contributed by atoms with Crippen LogP contribution < -0.4 is 5.32 Å². The second kappa shape index (κ2) is 7.48. The van der Waals surface area contributed by atoms with Gasteiger partial charge < -0.3 is 19.9 Å². The molecule has 1 amide bonds. The largest absolute Gasteiger partial charge is 0.444 e. The Hall–Kier alpha value is -2.01. The Labute approximate surface area is 149 Å². The molecule has 0 spiro atoms. The maximum atomic E-state index is 12.1. The predicted octanol–water partition coefficient (Wildman–Crippen LogP) is 3.90. The number of carbonyl (C=O) groups excluding carboxylic acids is 1. The molecule has 2 N–H and O–H groups in total. The molecule has 0 bridgehead atoms. The molecule has 2 heterocycles. The summed E-state index contributed by atoms with van der Waals surface area (Å²) in [7, 11) is 0. The Kier molecular flexibility index (Phi) is 5.33. The number of hydrogen-bond donors (Lipinski definition) is 2. The second-order valence-corrected chi connectivity index (χ2v) is 7.95. The van der Waals surface area contributed by atoms with Crippen molar-refractivity contribution in [1.29, 1.82) is 0 Å². The molecule has 1 saturated heterocycles. The van der Waals surface area contributed by atoms with E-state index >= 15 is 0 Å². The van der Waals surface area contributed by atoms with Crippen LogP contribution in [-0.2, 0) is 11.3 Å². The smallest absolute Gasteiger partial charge is 0.410 e. The number of likely N-dealkylation sites (tertiary alicyclic amines) is 1. The molecule has 5 heteroatoms. The Morgan fingerprint density at radius 3 is 3.00 bits per heavy atom. The summed E-state index contributed by atoms with van der Waals surface area (Å²) in [4.78, 5) is 17.2. The number of amides is 1. The van der Waals surface area contributed by atoms with Gasteiger partial charge in [-0.05, 0) is 69.2 Å². The predicted molar refractivity (Wildman–Crippen MR) is 101 cm³/mol. The average molecular weight is 343 g/mol. The molecule has 2 aromatic rings. The minimum Gasteiger partial charge on any atom is -0.444 e. The maximum absolute atomic E-state index is 12.1. The molecular formula is C20H29N3O2. The molecule has 1 fully saturated rings. The summed E-state index contributed by atoms with van der Waals surface area (Å²) in [6.45, 7) is 9.19. The lowest BCUT2D eigenvalue weighted by molar-refractivity contribution is 0.0287. The third-order valence-corrected chi connectivity index (χ3v) is 4.62. The lowest BCUT2D eigenvalue weighted by atomic mass is 10.1. The van der Waals surface area contributed by atoms with E-state index in [1.54, 1.807) is 0 Å². The number of benzene rings is 1. The molecule has 3 rings (SSSR count). The Balaban J connectivity index is 1.37. The molecule has 5 nitrogen and oxygen atoms in total. The fourth-order valence-corrected chi connectivity index (χ4v) is 3.30. The molecule has 25 heavy (non-hydrogen) atoms. The van der Waals surface area contributed by atoms with Gasteiger partial charge in [-0.2, -0.15) is 0 Å². The Morgan fingerprint density at radius 1 is 1.36 bits per heavy atom. The van der Waals surface area contributed by atoms with Crippen molar-refractivity contribution in [2.45, 2.75) is 45.8 Å². The molecule has 0 saturated carbocycles. The van der Waals surface area contributed by atoms with E-state index in [0.29, 0.717) is 5.92 Å². The van der Waals surface area contributed by atoms with E-state index in [1.807, 2.05) is 31.9 Å². The summed E-state index contributed by atoms with van der Waals surface area (Å²) >= 11 is 0. The number of aromatic amines is 1. The van der Waals surface area contributed by atoms with Gasteiger partial charge in [0.2, 0.25) is 0 Å². The minimum atomic E-state index is -0.420. The number of hydrogen-bond acceptors (Lipinski definition) is 3. The van der Waals surface area contributed by atoms with E-state index in [9.17, 15) is 4.79 Å². The van der Waals surface area contributed by atoms with Gasteiger partial charge in [-0.3, -0.25) is 0 Å². The van der Waals surface area contributed by atoms with Crippen LogP contribution in [0.2, 0.25) is 0 Å². The molecule has 1 aromatic carbocycles. The van der Waals surface area contributed by atoms with E-state index in [0.717, 1.165) is 39.0 Å². The van der Waals surface area contributed by atoms with E-state index in [-0.39, 0.29) is 6.09 Å². The molecule has 0 aliphatic carbocycles. The van der Waals surface area contributed by atoms with Crippen molar-refractivity contribution in [2.24, 2.45) is 5.92 Å². The van der Waals surface area contributed by atoms with Crippen molar-refractivity contribution in [2.75, 3.05) is 19.6 Å². The fraction of sp³-hybridized carbons (Fsp3) is 0.550. The van der Waals surface area contributed by atoms with E-state index in [4.69, 9.17) is 4.74 Å². The van der Waals surface area contributed by atoms with Gasteiger partial charge in [-0.1, -0.05) is 12.1 Å². The molecule has 136 valence electrons. The first-order chi connectivity index (χ1) is 11.9. The van der Waals surface area contributed by atoms with Crippen LogP contribution in [0.4, 0.5) is 4.79 Å². The number of ether oxygens (including phenoxy) is 1. The monoisotopic (exact) mass is 343 g/mol. The highest BCUT2D eigenvalue weighted by atomic mass is 16.6. The van der Waals surface area contributed by atoms with Gasteiger partial charge in [0.05, 0.1) is 0 Å². The van der Waals surface area contributed by atoms with Crippen LogP contribution in [0.25, 0.3) is 10.9 Å². The molecule has 1 unspecified atom stereocenters. The van der Waals surface area contributed by atoms with Gasteiger partial charge in [0.25, 0.3) is 0 Å². The fourth-order valence-electron chi connectivity index (χ4n) is 3.30. The van der Waals surface area contributed by atoms with Crippen molar-refractivity contribution in [3.05, 3.63) is 36.0 Å². The van der Waals surface area contributed by atoms with E-state index in [1.165, 1.54) is 16.5 Å². The third kappa shape index (κ3) is 4.98. The second-order valence-electron chi connectivity index (χ2n) is 7.95. The molecule has 1 aromatic heterocycles. The lowest BCUT2D eigenvalue weighted by Crippen LogP contribution is -2.35. The summed E-state index contributed by atoms with van der Waals surface area (Å²) in [6.07, 6.45) is 3.94. The number of nitrogens with zero attached hydrogens (tertiary/aromatic N) is 1. The first-order valence-electron chi connectivity index (χ1n) is 9.15. The molecule has 1 aliphatic heterocycles. The van der Waals surface area contributed by atoms with Crippen LogP contribution in [0, 0.1) is 5.92 Å². The van der Waals surface area contributed by atoms with Crippen LogP contribution in [-0.4, -0.2) is 41.2 Å². The first kappa shape index (κ1) is 17.8. The summed E-state index contributed by atoms with van der Waals surface area (Å²) in [5.41, 5.74) is 2.05. The van der Waals surface area contributed by atoms with Gasteiger partial charge in [0.1, 0.15) is 5.60 Å². The van der Waals surface area contributed by atoms with Crippen LogP contribution >= 0.6 is 0 Å². The molecule has 1 atom stereocenters. The summed E-state index contributed by atoms with van der Waals surface area (Å²) in [6, 6.07) is 8.60. The van der Waals surface area contributed by atoms with Crippen LogP contribution in [0.3, 0.4) is 0 Å². The number of nitrogens with one attached hydrogen (secondary N) is 2. The van der Waals surface area contributed by atoms with Crippen molar-refractivity contribution in [3.8, 4) is 0 Å². The van der Waals surface area contributed by atoms with E-state index in [2.05, 4.69) is 34.6 Å². The van der Waals surface area contributed by atoms with Crippen molar-refractivity contribution >= 4 is 17.0 Å². The van der Waals surface area contributed by atoms with Crippen molar-refractivity contribution < 1.29 is 9.53 Å². The topological polar surface area (TPSA) is 57.4 Å². The summed E-state index contributed by atoms with van der Waals surface area (Å²) < 4.78 is 5.45. The number of rotatable bonds is 5. The highest BCUT2D eigenvalue weighted by Gasteiger charge is 2.29. The van der Waals surface area contributed by atoms with Crippen LogP contribution in [0.1, 0.15) is 39.2 Å². The van der Waals surface area contributed by atoms with Crippen LogP contribution in [0.15, 0.2) is 30.5 Å². The summed E-state index contributed by atoms with van der Waals surface area (Å²) in [5.74, 6) is 0.561. The molecule has 1 aliphatic rings. The molecule has 0 radical (unpaired) electrons. The normalized spacial score (nSPS) is 18.0. The highest BCUT2D eigenvalue weighted by molar-refractivity contribution is 5.79. The average Bonchev–Trinajstić information content (AvgIpc) is 3.18. The van der Waals surface area contributed by atoms with Gasteiger partial charge in [-0.25, -0.2) is 4.79 Å². The number of aromatic nitrogens is 1. The minimum absolute atomic E-state index is 0.179. The zero-order valence-electron chi connectivity index (χ0n) is 15.5. The quantitative estimate of drug-likeness (QED) is 0.810. The Bertz CT molecular complexity index is 717. The van der Waals surface area contributed by atoms with Gasteiger partial charge in [0.15, 0.2) is 0 Å². The highest BCUT2D eigenvalue weighted by Crippen LogP contribution is 2.21. The zero-order valence-corrected chi connectivity index (χ0v) is 15.5. The zero-order chi connectivity index (χ0) is 17.9. The maximum Gasteiger partial charge on any atom is 0.410 e. The van der Waals surface area contributed by atoms with Crippen molar-refractivity contribution in [3.63, 3.8) is 0 Å². The van der Waals surface area contributed by atoms with Gasteiger partial charge in [0, 0.05) is 31.3 Å². The summed E-state index contributed by atoms with van der Waals surface area (Å²) in [5, 5.41) is 4.77. The lowest BCUT2D eigenvalue weighted by Gasteiger charge is -2.24. The third-order valence-electron chi connectivity index (χ3n) is 4.62. The van der Waals surface area contributed by atoms with Crippen molar-refractivity contribution in [1.82, 2.24) is 15.2 Å². The van der Waals surface area contributed by atoms with Crippen LogP contribution in [0.5, 0.6) is 0 Å². The van der Waals surface area contributed by atoms with Gasteiger partial charge in [-0.15, -0.1) is 0 Å². The first-order valence-corrected chi connectivity index (χ1v) is 9.15. The van der Waals surface area contributed by atoms with Gasteiger partial charge >= 0.3 is 6.09 Å². The number of carbonyl (C=O) groups is 1. The number of H-pyrrole nitrogens is 1.